The van der Waals surface area contributed by atoms with Crippen LogP contribution in [0.15, 0.2) is 24.5 Å². The molecule has 1 aromatic heterocycles. The Labute approximate surface area is 109 Å². The standard InChI is InChI=1S/C13H13FN2O3/c1-19-11-4-2-8(14)6-9(11)13-10(15-7-16-13)3-5-12(17)18/h2,4,6-7H,3,5H2,1H3,(H,15,16)(H,17,18). The number of nitrogens with zero attached hydrogens (tertiary/aromatic N) is 1. The number of aromatic nitrogens is 2. The van der Waals surface area contributed by atoms with Gasteiger partial charge in [0.05, 0.1) is 25.6 Å². The molecule has 0 aliphatic carbocycles. The van der Waals surface area contributed by atoms with Crippen molar-refractivity contribution in [2.24, 2.45) is 0 Å². The van der Waals surface area contributed by atoms with Gasteiger partial charge in [0.15, 0.2) is 0 Å². The highest BCUT2D eigenvalue weighted by Crippen LogP contribution is 2.31. The molecule has 6 heteroatoms. The summed E-state index contributed by atoms with van der Waals surface area (Å²) in [7, 11) is 1.49. The molecule has 2 rings (SSSR count). The number of hydrogen-bond donors (Lipinski definition) is 2. The van der Waals surface area contributed by atoms with E-state index >= 15 is 0 Å². The number of benzene rings is 1. The summed E-state index contributed by atoms with van der Waals surface area (Å²) in [6.45, 7) is 0. The van der Waals surface area contributed by atoms with Gasteiger partial charge in [-0.15, -0.1) is 0 Å². The number of aryl methyl sites for hydroxylation is 1. The molecule has 5 nitrogen and oxygen atoms in total. The van der Waals surface area contributed by atoms with Crippen LogP contribution >= 0.6 is 0 Å². The number of carboxylic acid groups (broad SMARTS) is 1. The maximum Gasteiger partial charge on any atom is 0.303 e. The Morgan fingerprint density at radius 2 is 2.32 bits per heavy atom. The fraction of sp³-hybridized carbons (Fsp3) is 0.231. The first-order valence-electron chi connectivity index (χ1n) is 5.69. The molecule has 0 amide bonds. The van der Waals surface area contributed by atoms with E-state index < -0.39 is 11.8 Å². The van der Waals surface area contributed by atoms with Crippen LogP contribution in [0.25, 0.3) is 11.3 Å². The van der Waals surface area contributed by atoms with Gasteiger partial charge in [-0.05, 0) is 18.2 Å². The number of hydrogen-bond acceptors (Lipinski definition) is 3. The first-order valence-corrected chi connectivity index (χ1v) is 5.69. The smallest absolute Gasteiger partial charge is 0.303 e. The summed E-state index contributed by atoms with van der Waals surface area (Å²) in [4.78, 5) is 17.6. The molecule has 0 aliphatic rings. The van der Waals surface area contributed by atoms with Crippen LogP contribution in [0, 0.1) is 5.82 Å². The van der Waals surface area contributed by atoms with E-state index in [1.54, 1.807) is 0 Å². The minimum absolute atomic E-state index is 0.0210. The van der Waals surface area contributed by atoms with E-state index in [-0.39, 0.29) is 6.42 Å². The summed E-state index contributed by atoms with van der Waals surface area (Å²) in [5.74, 6) is -0.806. The van der Waals surface area contributed by atoms with Gasteiger partial charge < -0.3 is 14.8 Å². The molecule has 0 fully saturated rings. The fourth-order valence-electron chi connectivity index (χ4n) is 1.84. The number of aliphatic carboxylic acids is 1. The largest absolute Gasteiger partial charge is 0.496 e. The summed E-state index contributed by atoms with van der Waals surface area (Å²) in [6.07, 6.45) is 1.73. The van der Waals surface area contributed by atoms with Gasteiger partial charge in [-0.3, -0.25) is 4.79 Å². The lowest BCUT2D eigenvalue weighted by Crippen LogP contribution is -1.99. The fourth-order valence-corrected chi connectivity index (χ4v) is 1.84. The molecule has 0 bridgehead atoms. The van der Waals surface area contributed by atoms with Crippen LogP contribution < -0.4 is 4.74 Å². The minimum Gasteiger partial charge on any atom is -0.496 e. The molecule has 1 aromatic carbocycles. The molecular weight excluding hydrogens is 251 g/mol. The second kappa shape index (κ2) is 5.51. The van der Waals surface area contributed by atoms with Crippen molar-refractivity contribution in [1.29, 1.82) is 0 Å². The van der Waals surface area contributed by atoms with Crippen LogP contribution in [0.2, 0.25) is 0 Å². The van der Waals surface area contributed by atoms with Gasteiger partial charge in [0.1, 0.15) is 11.6 Å². The Bertz CT molecular complexity index is 595. The van der Waals surface area contributed by atoms with E-state index in [1.165, 1.54) is 31.6 Å². The van der Waals surface area contributed by atoms with Crippen LogP contribution in [-0.4, -0.2) is 28.2 Å². The van der Waals surface area contributed by atoms with E-state index in [4.69, 9.17) is 9.84 Å². The van der Waals surface area contributed by atoms with Crippen molar-refractivity contribution >= 4 is 5.97 Å². The third-order valence-corrected chi connectivity index (χ3v) is 2.72. The molecule has 19 heavy (non-hydrogen) atoms. The van der Waals surface area contributed by atoms with Gasteiger partial charge in [0.25, 0.3) is 0 Å². The molecule has 0 spiro atoms. The third kappa shape index (κ3) is 2.90. The maximum absolute atomic E-state index is 13.3. The summed E-state index contributed by atoms with van der Waals surface area (Å²) >= 11 is 0. The van der Waals surface area contributed by atoms with Crippen LogP contribution in [0.3, 0.4) is 0 Å². The number of rotatable bonds is 5. The minimum atomic E-state index is -0.897. The highest BCUT2D eigenvalue weighted by Gasteiger charge is 2.14. The topological polar surface area (TPSA) is 75.2 Å². The molecule has 2 N–H and O–H groups in total. The molecule has 0 aliphatic heterocycles. The number of methoxy groups -OCH3 is 1. The van der Waals surface area contributed by atoms with Crippen LogP contribution in [0.4, 0.5) is 4.39 Å². The average molecular weight is 264 g/mol. The zero-order chi connectivity index (χ0) is 13.8. The van der Waals surface area contributed by atoms with Gasteiger partial charge in [-0.2, -0.15) is 0 Å². The molecule has 0 saturated carbocycles. The lowest BCUT2D eigenvalue weighted by Gasteiger charge is -2.08. The quantitative estimate of drug-likeness (QED) is 0.868. The number of ether oxygens (including phenoxy) is 1. The zero-order valence-electron chi connectivity index (χ0n) is 10.3. The monoisotopic (exact) mass is 264 g/mol. The number of carbonyl (C=O) groups is 1. The zero-order valence-corrected chi connectivity index (χ0v) is 10.3. The highest BCUT2D eigenvalue weighted by molar-refractivity contribution is 5.71. The average Bonchev–Trinajstić information content (AvgIpc) is 2.84. The van der Waals surface area contributed by atoms with Crippen molar-refractivity contribution in [1.82, 2.24) is 9.97 Å². The second-order valence-electron chi connectivity index (χ2n) is 3.97. The molecule has 0 radical (unpaired) electrons. The summed E-state index contributed by atoms with van der Waals surface area (Å²) in [6, 6.07) is 4.13. The van der Waals surface area contributed by atoms with Crippen LogP contribution in [0.5, 0.6) is 5.75 Å². The lowest BCUT2D eigenvalue weighted by molar-refractivity contribution is -0.136. The highest BCUT2D eigenvalue weighted by atomic mass is 19.1. The Kier molecular flexibility index (Phi) is 3.79. The number of imidazole rings is 1. The van der Waals surface area contributed by atoms with Crippen molar-refractivity contribution in [3.63, 3.8) is 0 Å². The van der Waals surface area contributed by atoms with Crippen molar-refractivity contribution in [3.8, 4) is 17.0 Å². The Morgan fingerprint density at radius 3 is 3.00 bits per heavy atom. The summed E-state index contributed by atoms with van der Waals surface area (Å²) in [5, 5.41) is 8.70. The SMILES string of the molecule is COc1ccc(F)cc1-c1nc[nH]c1CCC(=O)O. The predicted molar refractivity (Wildman–Crippen MR) is 66.5 cm³/mol. The first-order chi connectivity index (χ1) is 9.11. The maximum atomic E-state index is 13.3. The van der Waals surface area contributed by atoms with Crippen molar-refractivity contribution in [3.05, 3.63) is 36.0 Å². The Balaban J connectivity index is 2.39. The van der Waals surface area contributed by atoms with Crippen molar-refractivity contribution in [2.45, 2.75) is 12.8 Å². The van der Waals surface area contributed by atoms with E-state index in [1.807, 2.05) is 0 Å². The van der Waals surface area contributed by atoms with Gasteiger partial charge >= 0.3 is 5.97 Å². The molecule has 1 heterocycles. The molecule has 0 unspecified atom stereocenters. The lowest BCUT2D eigenvalue weighted by atomic mass is 10.1. The van der Waals surface area contributed by atoms with Crippen molar-refractivity contribution < 1.29 is 19.0 Å². The summed E-state index contributed by atoms with van der Waals surface area (Å²) in [5.41, 5.74) is 1.66. The predicted octanol–water partition coefficient (Wildman–Crippen LogP) is 2.24. The van der Waals surface area contributed by atoms with E-state index in [0.29, 0.717) is 29.1 Å². The van der Waals surface area contributed by atoms with Crippen LogP contribution in [-0.2, 0) is 11.2 Å². The van der Waals surface area contributed by atoms with Gasteiger partial charge in [-0.25, -0.2) is 9.37 Å². The first kappa shape index (κ1) is 13.1. The molecule has 100 valence electrons. The molecule has 2 aromatic rings. The number of halogens is 1. The van der Waals surface area contributed by atoms with E-state index in [0.717, 1.165) is 0 Å². The number of H-pyrrole nitrogens is 1. The van der Waals surface area contributed by atoms with Gasteiger partial charge in [-0.1, -0.05) is 0 Å². The molecule has 0 atom stereocenters. The molecular formula is C13H13FN2O3. The van der Waals surface area contributed by atoms with E-state index in [9.17, 15) is 9.18 Å². The van der Waals surface area contributed by atoms with Gasteiger partial charge in [0.2, 0.25) is 0 Å². The third-order valence-electron chi connectivity index (χ3n) is 2.72. The van der Waals surface area contributed by atoms with Gasteiger partial charge in [0, 0.05) is 17.7 Å². The van der Waals surface area contributed by atoms with Crippen LogP contribution in [0.1, 0.15) is 12.1 Å². The van der Waals surface area contributed by atoms with E-state index in [2.05, 4.69) is 9.97 Å². The Hall–Kier alpha value is -2.37. The summed E-state index contributed by atoms with van der Waals surface area (Å²) < 4.78 is 18.5. The Morgan fingerprint density at radius 1 is 1.53 bits per heavy atom. The molecule has 0 saturated heterocycles. The second-order valence-corrected chi connectivity index (χ2v) is 3.97. The normalized spacial score (nSPS) is 10.4. The number of carboxylic acids is 1. The number of aromatic amines is 1. The number of nitrogens with one attached hydrogen (secondary N) is 1. The van der Waals surface area contributed by atoms with Crippen molar-refractivity contribution in [2.75, 3.05) is 7.11 Å².